The van der Waals surface area contributed by atoms with Crippen molar-refractivity contribution in [2.75, 3.05) is 26.4 Å². The van der Waals surface area contributed by atoms with Crippen molar-refractivity contribution in [1.29, 1.82) is 0 Å². The van der Waals surface area contributed by atoms with Crippen LogP contribution < -0.4 is 10.2 Å². The number of amides is 1. The van der Waals surface area contributed by atoms with Crippen molar-refractivity contribution in [3.8, 4) is 0 Å². The Morgan fingerprint density at radius 2 is 1.22 bits per heavy atom. The molecule has 0 bridgehead atoms. The summed E-state index contributed by atoms with van der Waals surface area (Å²) in [5.74, 6) is 0.129. The second-order valence-corrected chi connectivity index (χ2v) is 10.0. The van der Waals surface area contributed by atoms with Crippen molar-refractivity contribution in [3.05, 3.63) is 0 Å². The van der Waals surface area contributed by atoms with E-state index in [2.05, 4.69) is 21.3 Å². The van der Waals surface area contributed by atoms with E-state index in [9.17, 15) is 14.3 Å². The van der Waals surface area contributed by atoms with E-state index in [1.165, 1.54) is 70.6 Å². The number of phosphoric acid groups is 1. The van der Waals surface area contributed by atoms with Crippen LogP contribution in [-0.4, -0.2) is 37.4 Å². The van der Waals surface area contributed by atoms with Crippen LogP contribution in [0.25, 0.3) is 0 Å². The standard InChI is InChI=1S/C24H50NO6P/c1-2-3-4-5-6-7-8-9-10-11-12-13-16-19-24(27)25-20-17-14-15-18-22-30-32(28,29)31-23-21-26/h26H,2-23H2,1H3,(H,25,27)(H,28,29)/p-1. The van der Waals surface area contributed by atoms with Crippen LogP contribution in [0.1, 0.15) is 122 Å². The van der Waals surface area contributed by atoms with E-state index in [0.717, 1.165) is 32.1 Å². The van der Waals surface area contributed by atoms with Crippen LogP contribution in [0.4, 0.5) is 0 Å². The molecule has 192 valence electrons. The molecule has 8 heteroatoms. The van der Waals surface area contributed by atoms with E-state index in [1.807, 2.05) is 0 Å². The fourth-order valence-corrected chi connectivity index (χ4v) is 4.30. The summed E-state index contributed by atoms with van der Waals surface area (Å²) >= 11 is 0. The van der Waals surface area contributed by atoms with Gasteiger partial charge in [-0.25, -0.2) is 0 Å². The lowest BCUT2D eigenvalue weighted by atomic mass is 10.0. The van der Waals surface area contributed by atoms with Crippen molar-refractivity contribution < 1.29 is 28.4 Å². The van der Waals surface area contributed by atoms with E-state index in [4.69, 9.17) is 5.11 Å². The number of hydrogen-bond donors (Lipinski definition) is 2. The smallest absolute Gasteiger partial charge is 0.267 e. The number of hydrogen-bond acceptors (Lipinski definition) is 6. The predicted molar refractivity (Wildman–Crippen MR) is 128 cm³/mol. The Morgan fingerprint density at radius 3 is 1.78 bits per heavy atom. The van der Waals surface area contributed by atoms with Gasteiger partial charge < -0.3 is 24.4 Å². The molecule has 0 aliphatic carbocycles. The fourth-order valence-electron chi connectivity index (χ4n) is 3.57. The van der Waals surface area contributed by atoms with E-state index < -0.39 is 7.82 Å². The summed E-state index contributed by atoms with van der Waals surface area (Å²) in [6.45, 7) is 2.37. The van der Waals surface area contributed by atoms with E-state index in [-0.39, 0.29) is 25.7 Å². The first-order valence-electron chi connectivity index (χ1n) is 13.0. The van der Waals surface area contributed by atoms with Crippen molar-refractivity contribution >= 4 is 13.7 Å². The topological polar surface area (TPSA) is 108 Å². The molecule has 0 saturated carbocycles. The lowest BCUT2D eigenvalue weighted by molar-refractivity contribution is -0.226. The molecular formula is C24H49NO6P-. The fraction of sp³-hybridized carbons (Fsp3) is 0.958. The minimum Gasteiger partial charge on any atom is -0.756 e. The van der Waals surface area contributed by atoms with Crippen LogP contribution in [-0.2, 0) is 18.4 Å². The largest absolute Gasteiger partial charge is 0.756 e. The summed E-state index contributed by atoms with van der Waals surface area (Å²) in [7, 11) is -4.28. The lowest BCUT2D eigenvalue weighted by Crippen LogP contribution is -2.23. The van der Waals surface area contributed by atoms with Crippen molar-refractivity contribution in [2.24, 2.45) is 0 Å². The molecule has 0 aromatic carbocycles. The van der Waals surface area contributed by atoms with Crippen LogP contribution in [0.3, 0.4) is 0 Å². The van der Waals surface area contributed by atoms with Crippen LogP contribution in [0, 0.1) is 0 Å². The number of rotatable bonds is 25. The first-order valence-corrected chi connectivity index (χ1v) is 14.5. The Balaban J connectivity index is 3.28. The Hall–Kier alpha value is -0.460. The second kappa shape index (κ2) is 23.7. The highest BCUT2D eigenvalue weighted by molar-refractivity contribution is 7.45. The summed E-state index contributed by atoms with van der Waals surface area (Å²) in [5.41, 5.74) is 0. The van der Waals surface area contributed by atoms with Crippen LogP contribution in [0.15, 0.2) is 0 Å². The molecule has 7 nitrogen and oxygen atoms in total. The number of phosphoric ester groups is 1. The maximum atomic E-state index is 11.8. The van der Waals surface area contributed by atoms with Gasteiger partial charge in [-0.05, 0) is 19.3 Å². The van der Waals surface area contributed by atoms with Gasteiger partial charge in [-0.2, -0.15) is 0 Å². The maximum Gasteiger partial charge on any atom is 0.267 e. The summed E-state index contributed by atoms with van der Waals surface area (Å²) < 4.78 is 20.4. The molecule has 0 heterocycles. The molecule has 2 N–H and O–H groups in total. The molecule has 1 amide bonds. The summed E-state index contributed by atoms with van der Waals surface area (Å²) in [6.07, 6.45) is 20.8. The highest BCUT2D eigenvalue weighted by Crippen LogP contribution is 2.37. The first-order chi connectivity index (χ1) is 15.5. The van der Waals surface area contributed by atoms with Crippen LogP contribution in [0.5, 0.6) is 0 Å². The summed E-state index contributed by atoms with van der Waals surface area (Å²) in [5, 5.41) is 11.5. The predicted octanol–water partition coefficient (Wildman–Crippen LogP) is 5.64. The van der Waals surface area contributed by atoms with E-state index in [1.54, 1.807) is 0 Å². The number of carbonyl (C=O) groups is 1. The van der Waals surface area contributed by atoms with Gasteiger partial charge >= 0.3 is 0 Å². The minimum atomic E-state index is -4.28. The minimum absolute atomic E-state index is 0.0810. The number of nitrogens with one attached hydrogen (secondary N) is 1. The van der Waals surface area contributed by atoms with E-state index >= 15 is 0 Å². The number of aliphatic hydroxyl groups is 1. The summed E-state index contributed by atoms with van der Waals surface area (Å²) in [4.78, 5) is 23.1. The Morgan fingerprint density at radius 1 is 0.750 bits per heavy atom. The molecule has 0 fully saturated rings. The molecule has 0 rings (SSSR count). The quantitative estimate of drug-likeness (QED) is 0.130. The molecule has 0 aromatic rings. The van der Waals surface area contributed by atoms with Crippen molar-refractivity contribution in [3.63, 3.8) is 0 Å². The lowest BCUT2D eigenvalue weighted by Gasteiger charge is -2.21. The van der Waals surface area contributed by atoms with Crippen LogP contribution in [0.2, 0.25) is 0 Å². The second-order valence-electron chi connectivity index (χ2n) is 8.59. The average Bonchev–Trinajstić information content (AvgIpc) is 2.77. The molecule has 0 aliphatic heterocycles. The monoisotopic (exact) mass is 478 g/mol. The van der Waals surface area contributed by atoms with Crippen LogP contribution >= 0.6 is 7.82 Å². The highest BCUT2D eigenvalue weighted by atomic mass is 31.2. The van der Waals surface area contributed by atoms with Gasteiger partial charge in [-0.1, -0.05) is 96.8 Å². The zero-order valence-electron chi connectivity index (χ0n) is 20.5. The number of aliphatic hydroxyl groups excluding tert-OH is 1. The molecule has 0 aliphatic rings. The van der Waals surface area contributed by atoms with Crippen molar-refractivity contribution in [2.45, 2.75) is 122 Å². The van der Waals surface area contributed by atoms with Gasteiger partial charge in [-0.15, -0.1) is 0 Å². The van der Waals surface area contributed by atoms with E-state index in [0.29, 0.717) is 19.4 Å². The Bertz CT molecular complexity index is 464. The third-order valence-electron chi connectivity index (χ3n) is 5.49. The SMILES string of the molecule is CCCCCCCCCCCCCCCC(=O)NCCCCCCOP(=O)([O-])OCCO. The maximum absolute atomic E-state index is 11.8. The number of unbranched alkanes of at least 4 members (excludes halogenated alkanes) is 15. The van der Waals surface area contributed by atoms with Gasteiger partial charge in [0.05, 0.1) is 19.8 Å². The molecule has 0 spiro atoms. The normalized spacial score (nSPS) is 13.2. The molecule has 1 unspecified atom stereocenters. The molecule has 32 heavy (non-hydrogen) atoms. The summed E-state index contributed by atoms with van der Waals surface area (Å²) in [6, 6.07) is 0. The highest BCUT2D eigenvalue weighted by Gasteiger charge is 2.08. The van der Waals surface area contributed by atoms with Gasteiger partial charge in [0.2, 0.25) is 5.91 Å². The van der Waals surface area contributed by atoms with Crippen molar-refractivity contribution in [1.82, 2.24) is 5.32 Å². The Kier molecular flexibility index (Phi) is 23.3. The molecular weight excluding hydrogens is 429 g/mol. The molecule has 0 saturated heterocycles. The third kappa shape index (κ3) is 24.2. The van der Waals surface area contributed by atoms with Gasteiger partial charge in [-0.3, -0.25) is 9.36 Å². The molecule has 1 atom stereocenters. The molecule has 0 aromatic heterocycles. The Labute approximate surface area is 196 Å². The third-order valence-corrected chi connectivity index (χ3v) is 6.49. The van der Waals surface area contributed by atoms with Gasteiger partial charge in [0, 0.05) is 13.0 Å². The first kappa shape index (κ1) is 31.5. The van der Waals surface area contributed by atoms with Gasteiger partial charge in [0.1, 0.15) is 0 Å². The van der Waals surface area contributed by atoms with Gasteiger partial charge in [0.25, 0.3) is 7.82 Å². The average molecular weight is 479 g/mol. The number of carbonyl (C=O) groups excluding carboxylic acids is 1. The zero-order valence-corrected chi connectivity index (χ0v) is 21.4. The zero-order chi connectivity index (χ0) is 23.8. The molecule has 0 radical (unpaired) electrons. The van der Waals surface area contributed by atoms with Gasteiger partial charge in [0.15, 0.2) is 0 Å².